The standard InChI is InChI=1S/C17H27FN2/c1-14(13-16-5-3-4-6-17(16)18)19-10-7-15-8-11-20(2)12-9-15/h3-6,14-15,19H,7-13H2,1-2H3. The van der Waals surface area contributed by atoms with Crippen LogP contribution in [0.2, 0.25) is 0 Å². The Morgan fingerprint density at radius 2 is 2.00 bits per heavy atom. The summed E-state index contributed by atoms with van der Waals surface area (Å²) in [4.78, 5) is 2.41. The third-order valence-corrected chi connectivity index (χ3v) is 4.37. The second kappa shape index (κ2) is 7.75. The molecule has 0 aromatic heterocycles. The predicted molar refractivity (Wildman–Crippen MR) is 82.4 cm³/mol. The Hall–Kier alpha value is -0.930. The van der Waals surface area contributed by atoms with Gasteiger partial charge in [-0.1, -0.05) is 18.2 Å². The summed E-state index contributed by atoms with van der Waals surface area (Å²) in [7, 11) is 2.20. The summed E-state index contributed by atoms with van der Waals surface area (Å²) in [5.74, 6) is 0.774. The van der Waals surface area contributed by atoms with E-state index in [0.29, 0.717) is 6.04 Å². The van der Waals surface area contributed by atoms with Gasteiger partial charge in [-0.2, -0.15) is 0 Å². The van der Waals surface area contributed by atoms with Gasteiger partial charge in [0.2, 0.25) is 0 Å². The van der Waals surface area contributed by atoms with Crippen molar-refractivity contribution in [3.05, 3.63) is 35.6 Å². The van der Waals surface area contributed by atoms with Crippen LogP contribution in [0, 0.1) is 11.7 Å². The number of rotatable bonds is 6. The number of halogens is 1. The normalized spacial score (nSPS) is 19.1. The molecule has 0 aliphatic carbocycles. The van der Waals surface area contributed by atoms with Crippen LogP contribution in [-0.4, -0.2) is 37.6 Å². The van der Waals surface area contributed by atoms with Gasteiger partial charge in [0.1, 0.15) is 5.82 Å². The lowest BCUT2D eigenvalue weighted by atomic mass is 9.93. The molecule has 0 bridgehead atoms. The summed E-state index contributed by atoms with van der Waals surface area (Å²) < 4.78 is 13.6. The molecule has 1 aliphatic rings. The average molecular weight is 278 g/mol. The van der Waals surface area contributed by atoms with Gasteiger partial charge in [-0.15, -0.1) is 0 Å². The lowest BCUT2D eigenvalue weighted by molar-refractivity contribution is 0.210. The zero-order valence-electron chi connectivity index (χ0n) is 12.7. The number of hydrogen-bond donors (Lipinski definition) is 1. The van der Waals surface area contributed by atoms with Crippen LogP contribution >= 0.6 is 0 Å². The molecule has 1 heterocycles. The molecule has 0 amide bonds. The maximum Gasteiger partial charge on any atom is 0.126 e. The Morgan fingerprint density at radius 1 is 1.30 bits per heavy atom. The first-order valence-electron chi connectivity index (χ1n) is 7.80. The molecule has 0 radical (unpaired) electrons. The lowest BCUT2D eigenvalue weighted by Crippen LogP contribution is -2.34. The van der Waals surface area contributed by atoms with Crippen LogP contribution in [-0.2, 0) is 6.42 Å². The van der Waals surface area contributed by atoms with Gasteiger partial charge in [0.25, 0.3) is 0 Å². The van der Waals surface area contributed by atoms with Crippen LogP contribution in [0.3, 0.4) is 0 Å². The number of nitrogens with zero attached hydrogens (tertiary/aromatic N) is 1. The summed E-state index contributed by atoms with van der Waals surface area (Å²) in [6, 6.07) is 7.41. The zero-order valence-corrected chi connectivity index (χ0v) is 12.7. The summed E-state index contributed by atoms with van der Waals surface area (Å²) in [6.45, 7) is 5.65. The van der Waals surface area contributed by atoms with E-state index in [-0.39, 0.29) is 5.82 Å². The van der Waals surface area contributed by atoms with Crippen LogP contribution in [0.25, 0.3) is 0 Å². The topological polar surface area (TPSA) is 15.3 Å². The van der Waals surface area contributed by atoms with Crippen molar-refractivity contribution in [2.75, 3.05) is 26.7 Å². The van der Waals surface area contributed by atoms with Gasteiger partial charge >= 0.3 is 0 Å². The highest BCUT2D eigenvalue weighted by atomic mass is 19.1. The first kappa shape index (κ1) is 15.5. The van der Waals surface area contributed by atoms with E-state index < -0.39 is 0 Å². The smallest absolute Gasteiger partial charge is 0.126 e. The van der Waals surface area contributed by atoms with E-state index in [1.807, 2.05) is 12.1 Å². The average Bonchev–Trinajstić information content (AvgIpc) is 2.44. The SMILES string of the molecule is CC(Cc1ccccc1F)NCCC1CCN(C)CC1. The highest BCUT2D eigenvalue weighted by Gasteiger charge is 2.16. The van der Waals surface area contributed by atoms with Gasteiger partial charge in [-0.3, -0.25) is 0 Å². The minimum atomic E-state index is -0.0866. The molecular formula is C17H27FN2. The zero-order chi connectivity index (χ0) is 14.4. The van der Waals surface area contributed by atoms with Crippen LogP contribution in [0.5, 0.6) is 0 Å². The lowest BCUT2D eigenvalue weighted by Gasteiger charge is -2.29. The number of benzene rings is 1. The van der Waals surface area contributed by atoms with Crippen molar-refractivity contribution in [1.82, 2.24) is 10.2 Å². The largest absolute Gasteiger partial charge is 0.314 e. The molecule has 1 aliphatic heterocycles. The summed E-state index contributed by atoms with van der Waals surface area (Å²) in [6.07, 6.45) is 4.65. The first-order chi connectivity index (χ1) is 9.65. The molecule has 0 saturated carbocycles. The quantitative estimate of drug-likeness (QED) is 0.860. The van der Waals surface area contributed by atoms with Crippen molar-refractivity contribution >= 4 is 0 Å². The van der Waals surface area contributed by atoms with Gasteiger partial charge < -0.3 is 10.2 Å². The van der Waals surface area contributed by atoms with Crippen LogP contribution < -0.4 is 5.32 Å². The van der Waals surface area contributed by atoms with Gasteiger partial charge in [0.15, 0.2) is 0 Å². The van der Waals surface area contributed by atoms with E-state index >= 15 is 0 Å². The number of hydrogen-bond acceptors (Lipinski definition) is 2. The molecule has 112 valence electrons. The summed E-state index contributed by atoms with van der Waals surface area (Å²) in [5, 5.41) is 3.54. The van der Waals surface area contributed by atoms with Gasteiger partial charge in [0, 0.05) is 6.04 Å². The fourth-order valence-corrected chi connectivity index (χ4v) is 2.95. The molecule has 1 atom stereocenters. The molecule has 1 aromatic rings. The maximum absolute atomic E-state index is 13.6. The van der Waals surface area contributed by atoms with Crippen molar-refractivity contribution < 1.29 is 4.39 Å². The van der Waals surface area contributed by atoms with Gasteiger partial charge in [-0.05, 0) is 76.8 Å². The Morgan fingerprint density at radius 3 is 2.70 bits per heavy atom. The van der Waals surface area contributed by atoms with Gasteiger partial charge in [-0.25, -0.2) is 4.39 Å². The van der Waals surface area contributed by atoms with E-state index in [4.69, 9.17) is 0 Å². The first-order valence-corrected chi connectivity index (χ1v) is 7.80. The molecule has 1 fully saturated rings. The minimum Gasteiger partial charge on any atom is -0.314 e. The van der Waals surface area contributed by atoms with Crippen LogP contribution in [0.15, 0.2) is 24.3 Å². The van der Waals surface area contributed by atoms with E-state index in [1.165, 1.54) is 32.4 Å². The highest BCUT2D eigenvalue weighted by Crippen LogP contribution is 2.18. The van der Waals surface area contributed by atoms with Crippen LogP contribution in [0.1, 0.15) is 31.7 Å². The van der Waals surface area contributed by atoms with Crippen molar-refractivity contribution in [2.45, 2.75) is 38.6 Å². The molecule has 2 rings (SSSR count). The molecule has 0 spiro atoms. The van der Waals surface area contributed by atoms with E-state index in [0.717, 1.165) is 24.4 Å². The summed E-state index contributed by atoms with van der Waals surface area (Å²) in [5.41, 5.74) is 0.812. The minimum absolute atomic E-state index is 0.0866. The second-order valence-electron chi connectivity index (χ2n) is 6.19. The molecule has 20 heavy (non-hydrogen) atoms. The van der Waals surface area contributed by atoms with Crippen molar-refractivity contribution in [2.24, 2.45) is 5.92 Å². The molecule has 1 N–H and O–H groups in total. The Labute approximate surface area is 122 Å². The van der Waals surface area contributed by atoms with Crippen molar-refractivity contribution in [3.8, 4) is 0 Å². The molecular weight excluding hydrogens is 251 g/mol. The number of likely N-dealkylation sites (tertiary alicyclic amines) is 1. The maximum atomic E-state index is 13.6. The summed E-state index contributed by atoms with van der Waals surface area (Å²) >= 11 is 0. The van der Waals surface area contributed by atoms with E-state index in [2.05, 4.69) is 24.2 Å². The monoisotopic (exact) mass is 278 g/mol. The Kier molecular flexibility index (Phi) is 5.99. The number of piperidine rings is 1. The molecule has 1 aromatic carbocycles. The molecule has 3 heteroatoms. The molecule has 2 nitrogen and oxygen atoms in total. The highest BCUT2D eigenvalue weighted by molar-refractivity contribution is 5.18. The fraction of sp³-hybridized carbons (Fsp3) is 0.647. The van der Waals surface area contributed by atoms with Crippen molar-refractivity contribution in [1.29, 1.82) is 0 Å². The Bertz CT molecular complexity index is 400. The third kappa shape index (κ3) is 4.88. The van der Waals surface area contributed by atoms with Gasteiger partial charge in [0.05, 0.1) is 0 Å². The van der Waals surface area contributed by atoms with E-state index in [1.54, 1.807) is 12.1 Å². The fourth-order valence-electron chi connectivity index (χ4n) is 2.95. The Balaban J connectivity index is 1.65. The molecule has 1 saturated heterocycles. The van der Waals surface area contributed by atoms with Crippen molar-refractivity contribution in [3.63, 3.8) is 0 Å². The number of nitrogens with one attached hydrogen (secondary N) is 1. The van der Waals surface area contributed by atoms with E-state index in [9.17, 15) is 4.39 Å². The third-order valence-electron chi connectivity index (χ3n) is 4.37. The second-order valence-corrected chi connectivity index (χ2v) is 6.19. The molecule has 1 unspecified atom stereocenters. The predicted octanol–water partition coefficient (Wildman–Crippen LogP) is 3.08. The van der Waals surface area contributed by atoms with Crippen LogP contribution in [0.4, 0.5) is 4.39 Å².